The Morgan fingerprint density at radius 3 is 2.64 bits per heavy atom. The predicted octanol–water partition coefficient (Wildman–Crippen LogP) is 3.05. The monoisotopic (exact) mass is 319 g/mol. The summed E-state index contributed by atoms with van der Waals surface area (Å²) in [6, 6.07) is 12.1. The van der Waals surface area contributed by atoms with Crippen molar-refractivity contribution < 1.29 is 4.79 Å². The Morgan fingerprint density at radius 1 is 1.41 bits per heavy atom. The van der Waals surface area contributed by atoms with E-state index in [0.29, 0.717) is 25.4 Å². The van der Waals surface area contributed by atoms with Gasteiger partial charge in [-0.3, -0.25) is 4.79 Å². The highest BCUT2D eigenvalue weighted by molar-refractivity contribution is 6.17. The van der Waals surface area contributed by atoms with Crippen molar-refractivity contribution >= 4 is 17.5 Å². The number of amides is 1. The molecular weight excluding hydrogens is 298 g/mol. The van der Waals surface area contributed by atoms with Gasteiger partial charge in [0.1, 0.15) is 11.6 Å². The quantitative estimate of drug-likeness (QED) is 0.347. The average molecular weight is 320 g/mol. The van der Waals surface area contributed by atoms with Crippen LogP contribution in [-0.2, 0) is 11.3 Å². The Bertz CT molecular complexity index is 535. The fraction of sp³-hybridized carbons (Fsp3) is 0.412. The van der Waals surface area contributed by atoms with Gasteiger partial charge in [0.25, 0.3) is 5.91 Å². The maximum atomic E-state index is 12.0. The van der Waals surface area contributed by atoms with E-state index in [1.165, 1.54) is 0 Å². The number of benzene rings is 1. The first-order valence-electron chi connectivity index (χ1n) is 7.34. The number of alkyl halides is 1. The molecule has 0 bridgehead atoms. The van der Waals surface area contributed by atoms with Crippen LogP contribution in [0.5, 0.6) is 0 Å². The van der Waals surface area contributed by atoms with Crippen LogP contribution in [0.3, 0.4) is 0 Å². The van der Waals surface area contributed by atoms with Crippen LogP contribution in [0.25, 0.3) is 0 Å². The van der Waals surface area contributed by atoms with Crippen molar-refractivity contribution in [2.24, 2.45) is 0 Å². The molecule has 4 nitrogen and oxygen atoms in total. The number of hydrogen-bond acceptors (Lipinski definition) is 3. The van der Waals surface area contributed by atoms with Gasteiger partial charge in [-0.15, -0.1) is 11.6 Å². The second kappa shape index (κ2) is 9.86. The number of nitrogens with one attached hydrogen (secondary N) is 1. The normalized spacial score (nSPS) is 11.1. The molecule has 0 fully saturated rings. The highest BCUT2D eigenvalue weighted by atomic mass is 35.5. The standard InChI is InChI=1S/C17H22ClN3O/c1-14(2)21(12-15-7-4-3-5-8-15)13-16(11-19)17(22)20-10-6-9-18/h3-5,7-8,13-14H,6,9-10,12H2,1-2H3,(H,20,22)/b16-13-. The SMILES string of the molecule is CC(C)N(/C=C(/C#N)C(=O)NCCCCl)Cc1ccccc1. The van der Waals surface area contributed by atoms with E-state index in [1.54, 1.807) is 6.20 Å². The Kier molecular flexibility index (Phi) is 8.09. The molecule has 1 N–H and O–H groups in total. The maximum absolute atomic E-state index is 12.0. The molecule has 1 rings (SSSR count). The fourth-order valence-electron chi connectivity index (χ4n) is 1.84. The van der Waals surface area contributed by atoms with E-state index >= 15 is 0 Å². The molecule has 118 valence electrons. The molecule has 1 amide bonds. The van der Waals surface area contributed by atoms with E-state index < -0.39 is 0 Å². The first-order chi connectivity index (χ1) is 10.6. The molecule has 0 aliphatic heterocycles. The van der Waals surface area contributed by atoms with Gasteiger partial charge < -0.3 is 10.2 Å². The van der Waals surface area contributed by atoms with Crippen LogP contribution in [-0.4, -0.2) is 29.3 Å². The van der Waals surface area contributed by atoms with Crippen LogP contribution in [0, 0.1) is 11.3 Å². The van der Waals surface area contributed by atoms with E-state index in [9.17, 15) is 10.1 Å². The van der Waals surface area contributed by atoms with Crippen molar-refractivity contribution in [1.29, 1.82) is 5.26 Å². The zero-order valence-corrected chi connectivity index (χ0v) is 13.8. The average Bonchev–Trinajstić information content (AvgIpc) is 2.52. The van der Waals surface area contributed by atoms with Crippen LogP contribution >= 0.6 is 11.6 Å². The van der Waals surface area contributed by atoms with Crippen LogP contribution in [0.1, 0.15) is 25.8 Å². The molecule has 0 unspecified atom stereocenters. The van der Waals surface area contributed by atoms with Crippen molar-refractivity contribution in [2.45, 2.75) is 32.9 Å². The van der Waals surface area contributed by atoms with Crippen LogP contribution in [0.2, 0.25) is 0 Å². The number of carbonyl (C=O) groups is 1. The lowest BCUT2D eigenvalue weighted by Gasteiger charge is -2.25. The number of nitriles is 1. The summed E-state index contributed by atoms with van der Waals surface area (Å²) >= 11 is 5.58. The summed E-state index contributed by atoms with van der Waals surface area (Å²) in [5, 5.41) is 11.9. The summed E-state index contributed by atoms with van der Waals surface area (Å²) in [5.74, 6) is 0.129. The summed E-state index contributed by atoms with van der Waals surface area (Å²) in [5.41, 5.74) is 1.24. The molecule has 0 aromatic heterocycles. The molecule has 22 heavy (non-hydrogen) atoms. The minimum atomic E-state index is -0.355. The molecule has 0 heterocycles. The second-order valence-electron chi connectivity index (χ2n) is 5.20. The van der Waals surface area contributed by atoms with E-state index in [1.807, 2.05) is 55.1 Å². The molecule has 0 saturated heterocycles. The lowest BCUT2D eigenvalue weighted by Crippen LogP contribution is -2.30. The van der Waals surface area contributed by atoms with Crippen LogP contribution in [0.4, 0.5) is 0 Å². The van der Waals surface area contributed by atoms with Gasteiger partial charge in [0, 0.05) is 31.2 Å². The molecule has 5 heteroatoms. The lowest BCUT2D eigenvalue weighted by molar-refractivity contribution is -0.117. The van der Waals surface area contributed by atoms with E-state index in [4.69, 9.17) is 11.6 Å². The maximum Gasteiger partial charge on any atom is 0.263 e. The number of halogens is 1. The number of rotatable bonds is 8. The van der Waals surface area contributed by atoms with Gasteiger partial charge in [-0.1, -0.05) is 30.3 Å². The Labute approximate surface area is 137 Å². The van der Waals surface area contributed by atoms with Gasteiger partial charge in [0.15, 0.2) is 0 Å². The third kappa shape index (κ3) is 6.19. The molecule has 1 aromatic rings. The van der Waals surface area contributed by atoms with Crippen LogP contribution < -0.4 is 5.32 Å². The van der Waals surface area contributed by atoms with Crippen LogP contribution in [0.15, 0.2) is 42.1 Å². The van der Waals surface area contributed by atoms with Crippen molar-refractivity contribution in [1.82, 2.24) is 10.2 Å². The lowest BCUT2D eigenvalue weighted by atomic mass is 10.2. The minimum Gasteiger partial charge on any atom is -0.369 e. The van der Waals surface area contributed by atoms with E-state index in [0.717, 1.165) is 5.56 Å². The first kappa shape index (κ1) is 18.1. The van der Waals surface area contributed by atoms with Crippen molar-refractivity contribution in [3.63, 3.8) is 0 Å². The van der Waals surface area contributed by atoms with Gasteiger partial charge in [-0.05, 0) is 25.8 Å². The smallest absolute Gasteiger partial charge is 0.263 e. The van der Waals surface area contributed by atoms with Crippen molar-refractivity contribution in [2.75, 3.05) is 12.4 Å². The highest BCUT2D eigenvalue weighted by Crippen LogP contribution is 2.10. The zero-order chi connectivity index (χ0) is 16.4. The van der Waals surface area contributed by atoms with Gasteiger partial charge in [-0.2, -0.15) is 5.26 Å². The molecule has 0 radical (unpaired) electrons. The first-order valence-corrected chi connectivity index (χ1v) is 7.87. The fourth-order valence-corrected chi connectivity index (χ4v) is 1.97. The Morgan fingerprint density at radius 2 is 2.09 bits per heavy atom. The molecule has 0 saturated carbocycles. The van der Waals surface area contributed by atoms with E-state index in [-0.39, 0.29) is 17.5 Å². The van der Waals surface area contributed by atoms with Crippen molar-refractivity contribution in [3.8, 4) is 6.07 Å². The third-order valence-corrected chi connectivity index (χ3v) is 3.39. The Hall–Kier alpha value is -1.99. The van der Waals surface area contributed by atoms with E-state index in [2.05, 4.69) is 5.32 Å². The van der Waals surface area contributed by atoms with Gasteiger partial charge in [0.2, 0.25) is 0 Å². The van der Waals surface area contributed by atoms with Gasteiger partial charge in [0.05, 0.1) is 0 Å². The summed E-state index contributed by atoms with van der Waals surface area (Å²) in [6.45, 7) is 5.18. The topological polar surface area (TPSA) is 56.1 Å². The zero-order valence-electron chi connectivity index (χ0n) is 13.1. The van der Waals surface area contributed by atoms with Gasteiger partial charge >= 0.3 is 0 Å². The molecule has 0 aliphatic rings. The molecule has 0 aliphatic carbocycles. The second-order valence-corrected chi connectivity index (χ2v) is 5.58. The summed E-state index contributed by atoms with van der Waals surface area (Å²) in [7, 11) is 0. The number of hydrogen-bond donors (Lipinski definition) is 1. The molecule has 0 atom stereocenters. The summed E-state index contributed by atoms with van der Waals surface area (Å²) < 4.78 is 0. The molecule has 1 aromatic carbocycles. The van der Waals surface area contributed by atoms with Gasteiger partial charge in [-0.25, -0.2) is 0 Å². The number of nitrogens with zero attached hydrogens (tertiary/aromatic N) is 2. The highest BCUT2D eigenvalue weighted by Gasteiger charge is 2.13. The summed E-state index contributed by atoms with van der Waals surface area (Å²) in [4.78, 5) is 14.0. The number of carbonyl (C=O) groups excluding carboxylic acids is 1. The largest absolute Gasteiger partial charge is 0.369 e. The molecular formula is C17H22ClN3O. The minimum absolute atomic E-state index is 0.110. The summed E-state index contributed by atoms with van der Waals surface area (Å²) in [6.07, 6.45) is 2.32. The third-order valence-electron chi connectivity index (χ3n) is 3.13. The Balaban J connectivity index is 2.81. The van der Waals surface area contributed by atoms with Crippen molar-refractivity contribution in [3.05, 3.63) is 47.7 Å². The molecule has 0 spiro atoms. The predicted molar refractivity (Wildman–Crippen MR) is 89.2 cm³/mol.